The molecule has 0 aliphatic carbocycles. The molecule has 25 heavy (non-hydrogen) atoms. The van der Waals surface area contributed by atoms with Crippen LogP contribution in [0.15, 0.2) is 42.9 Å². The van der Waals surface area contributed by atoms with E-state index in [1.165, 1.54) is 16.7 Å². The summed E-state index contributed by atoms with van der Waals surface area (Å²) >= 11 is 0. The fourth-order valence-electron chi connectivity index (χ4n) is 2.52. The number of carbonyl (C=O) groups excluding carboxylic acids is 1. The molecule has 3 heterocycles. The number of fused-ring (bicyclic) bond motifs is 1. The van der Waals surface area contributed by atoms with Gasteiger partial charge < -0.3 is 5.32 Å². The predicted octanol–water partition coefficient (Wildman–Crippen LogP) is 3.03. The molecular weight excluding hydrogens is 333 g/mol. The zero-order valence-corrected chi connectivity index (χ0v) is 13.3. The standard InChI is InChI=1S/C17H15F3N4O/c1-11-2-3-13-23-15(17(18,19)20)14(24(13)10-11)16(25)22-9-6-12-4-7-21-8-5-12/h2-5,7-8,10H,6,9H2,1H3,(H,22,25). The van der Waals surface area contributed by atoms with Crippen LogP contribution in [0, 0.1) is 6.92 Å². The van der Waals surface area contributed by atoms with Crippen molar-refractivity contribution in [3.05, 3.63) is 65.4 Å². The van der Waals surface area contributed by atoms with Crippen LogP contribution in [0.25, 0.3) is 5.65 Å². The van der Waals surface area contributed by atoms with E-state index in [-0.39, 0.29) is 12.2 Å². The Morgan fingerprint density at radius 1 is 1.20 bits per heavy atom. The Morgan fingerprint density at radius 3 is 2.60 bits per heavy atom. The first-order chi connectivity index (χ1) is 11.9. The Balaban J connectivity index is 1.87. The molecule has 0 saturated carbocycles. The van der Waals surface area contributed by atoms with E-state index in [1.807, 2.05) is 0 Å². The maximum Gasteiger partial charge on any atom is 0.435 e. The van der Waals surface area contributed by atoms with E-state index < -0.39 is 23.5 Å². The molecule has 0 unspecified atom stereocenters. The number of alkyl halides is 3. The topological polar surface area (TPSA) is 59.3 Å². The van der Waals surface area contributed by atoms with Crippen LogP contribution in [-0.2, 0) is 12.6 Å². The number of carbonyl (C=O) groups is 1. The SMILES string of the molecule is Cc1ccc2nc(C(F)(F)F)c(C(=O)NCCc3ccncc3)n2c1. The van der Waals surface area contributed by atoms with Gasteiger partial charge in [-0.2, -0.15) is 13.2 Å². The molecule has 0 bridgehead atoms. The third kappa shape index (κ3) is 3.62. The van der Waals surface area contributed by atoms with Crippen molar-refractivity contribution in [2.75, 3.05) is 6.54 Å². The molecule has 5 nitrogen and oxygen atoms in total. The fourth-order valence-corrected chi connectivity index (χ4v) is 2.52. The van der Waals surface area contributed by atoms with E-state index in [0.717, 1.165) is 11.1 Å². The number of imidazole rings is 1. The Kier molecular flexibility index (Phi) is 4.43. The summed E-state index contributed by atoms with van der Waals surface area (Å²) in [7, 11) is 0. The second kappa shape index (κ2) is 6.54. The number of nitrogens with one attached hydrogen (secondary N) is 1. The maximum atomic E-state index is 13.3. The van der Waals surface area contributed by atoms with Crippen LogP contribution in [0.2, 0.25) is 0 Å². The molecule has 0 aromatic carbocycles. The third-order valence-electron chi connectivity index (χ3n) is 3.70. The highest BCUT2D eigenvalue weighted by Gasteiger charge is 2.40. The molecule has 0 fully saturated rings. The molecule has 3 aromatic rings. The maximum absolute atomic E-state index is 13.3. The van der Waals surface area contributed by atoms with E-state index in [0.29, 0.717) is 6.42 Å². The monoisotopic (exact) mass is 348 g/mol. The van der Waals surface area contributed by atoms with Gasteiger partial charge in [0.1, 0.15) is 11.3 Å². The van der Waals surface area contributed by atoms with Crippen molar-refractivity contribution in [2.24, 2.45) is 0 Å². The van der Waals surface area contributed by atoms with Gasteiger partial charge in [-0.15, -0.1) is 0 Å². The summed E-state index contributed by atoms with van der Waals surface area (Å²) in [6.07, 6.45) is 0.483. The number of hydrogen-bond acceptors (Lipinski definition) is 3. The summed E-state index contributed by atoms with van der Waals surface area (Å²) in [5.41, 5.74) is 0.0578. The molecule has 3 rings (SSSR count). The summed E-state index contributed by atoms with van der Waals surface area (Å²) in [5, 5.41) is 2.54. The third-order valence-corrected chi connectivity index (χ3v) is 3.70. The molecule has 0 saturated heterocycles. The molecule has 1 N–H and O–H groups in total. The van der Waals surface area contributed by atoms with Crippen LogP contribution in [0.3, 0.4) is 0 Å². The number of pyridine rings is 2. The second-order valence-corrected chi connectivity index (χ2v) is 5.60. The van der Waals surface area contributed by atoms with Gasteiger partial charge in [0, 0.05) is 25.1 Å². The Bertz CT molecular complexity index is 903. The minimum absolute atomic E-state index is 0.0807. The number of rotatable bonds is 4. The van der Waals surface area contributed by atoms with E-state index in [1.54, 1.807) is 37.5 Å². The Labute approximate surface area is 141 Å². The van der Waals surface area contributed by atoms with Crippen molar-refractivity contribution < 1.29 is 18.0 Å². The van der Waals surface area contributed by atoms with Gasteiger partial charge in [0.25, 0.3) is 5.91 Å². The van der Waals surface area contributed by atoms with Crippen molar-refractivity contribution in [1.29, 1.82) is 0 Å². The molecule has 8 heteroatoms. The van der Waals surface area contributed by atoms with Crippen LogP contribution in [0.5, 0.6) is 0 Å². The zero-order valence-electron chi connectivity index (χ0n) is 13.3. The minimum atomic E-state index is -4.71. The molecule has 0 radical (unpaired) electrons. The largest absolute Gasteiger partial charge is 0.435 e. The van der Waals surface area contributed by atoms with Gasteiger partial charge in [0.05, 0.1) is 0 Å². The van der Waals surface area contributed by atoms with Gasteiger partial charge in [-0.3, -0.25) is 14.2 Å². The smallest absolute Gasteiger partial charge is 0.350 e. The number of aryl methyl sites for hydroxylation is 1. The highest BCUT2D eigenvalue weighted by atomic mass is 19.4. The number of nitrogens with zero attached hydrogens (tertiary/aromatic N) is 3. The summed E-state index contributed by atoms with van der Waals surface area (Å²) in [4.78, 5) is 19.9. The summed E-state index contributed by atoms with van der Waals surface area (Å²) in [5.74, 6) is -0.806. The van der Waals surface area contributed by atoms with E-state index in [4.69, 9.17) is 0 Å². The van der Waals surface area contributed by atoms with Gasteiger partial charge in [0.2, 0.25) is 0 Å². The highest BCUT2D eigenvalue weighted by Crippen LogP contribution is 2.32. The molecule has 0 aliphatic heterocycles. The quantitative estimate of drug-likeness (QED) is 0.788. The van der Waals surface area contributed by atoms with Crippen molar-refractivity contribution in [1.82, 2.24) is 19.7 Å². The number of amides is 1. The summed E-state index contributed by atoms with van der Waals surface area (Å²) in [6, 6.07) is 6.67. The molecule has 0 aliphatic rings. The first-order valence-corrected chi connectivity index (χ1v) is 7.59. The van der Waals surface area contributed by atoms with Crippen LogP contribution >= 0.6 is 0 Å². The molecular formula is C17H15F3N4O. The second-order valence-electron chi connectivity index (χ2n) is 5.60. The van der Waals surface area contributed by atoms with Gasteiger partial charge in [-0.25, -0.2) is 4.98 Å². The first kappa shape index (κ1) is 16.9. The predicted molar refractivity (Wildman–Crippen MR) is 85.2 cm³/mol. The van der Waals surface area contributed by atoms with Crippen LogP contribution < -0.4 is 5.32 Å². The number of aromatic nitrogens is 3. The van der Waals surface area contributed by atoms with E-state index in [2.05, 4.69) is 15.3 Å². The van der Waals surface area contributed by atoms with Gasteiger partial charge >= 0.3 is 6.18 Å². The van der Waals surface area contributed by atoms with Crippen molar-refractivity contribution in [3.8, 4) is 0 Å². The van der Waals surface area contributed by atoms with Gasteiger partial charge in [-0.1, -0.05) is 6.07 Å². The normalized spacial score (nSPS) is 11.7. The number of hydrogen-bond donors (Lipinski definition) is 1. The van der Waals surface area contributed by atoms with Crippen LogP contribution in [0.4, 0.5) is 13.2 Å². The molecule has 3 aromatic heterocycles. The van der Waals surface area contributed by atoms with Crippen molar-refractivity contribution in [2.45, 2.75) is 19.5 Å². The van der Waals surface area contributed by atoms with Gasteiger partial charge in [0.15, 0.2) is 5.69 Å². The van der Waals surface area contributed by atoms with Crippen molar-refractivity contribution >= 4 is 11.6 Å². The average Bonchev–Trinajstić information content (AvgIpc) is 2.94. The highest BCUT2D eigenvalue weighted by molar-refractivity contribution is 5.95. The fraction of sp³-hybridized carbons (Fsp3) is 0.235. The average molecular weight is 348 g/mol. The lowest BCUT2D eigenvalue weighted by Crippen LogP contribution is -2.29. The van der Waals surface area contributed by atoms with Crippen LogP contribution in [0.1, 0.15) is 27.3 Å². The molecule has 1 amide bonds. The van der Waals surface area contributed by atoms with E-state index in [9.17, 15) is 18.0 Å². The Morgan fingerprint density at radius 2 is 1.92 bits per heavy atom. The molecule has 130 valence electrons. The molecule has 0 spiro atoms. The zero-order chi connectivity index (χ0) is 18.0. The summed E-state index contributed by atoms with van der Waals surface area (Å²) in [6.45, 7) is 1.94. The first-order valence-electron chi connectivity index (χ1n) is 7.59. The van der Waals surface area contributed by atoms with Crippen LogP contribution in [-0.4, -0.2) is 26.8 Å². The number of halogens is 3. The summed E-state index contributed by atoms with van der Waals surface area (Å²) < 4.78 is 41.0. The molecule has 0 atom stereocenters. The lowest BCUT2D eigenvalue weighted by atomic mass is 10.2. The lowest BCUT2D eigenvalue weighted by Gasteiger charge is -2.09. The van der Waals surface area contributed by atoms with Gasteiger partial charge in [-0.05, 0) is 42.7 Å². The van der Waals surface area contributed by atoms with E-state index >= 15 is 0 Å². The minimum Gasteiger partial charge on any atom is -0.350 e. The lowest BCUT2D eigenvalue weighted by molar-refractivity contribution is -0.141. The van der Waals surface area contributed by atoms with Crippen molar-refractivity contribution in [3.63, 3.8) is 0 Å². The Hall–Kier alpha value is -2.90.